The van der Waals surface area contributed by atoms with Gasteiger partial charge < -0.3 is 5.73 Å². The van der Waals surface area contributed by atoms with Crippen LogP contribution in [0.2, 0.25) is 0 Å². The van der Waals surface area contributed by atoms with E-state index in [1.54, 1.807) is 22.6 Å². The normalized spacial score (nSPS) is 9.00. The fourth-order valence-corrected chi connectivity index (χ4v) is 1.29. The van der Waals surface area contributed by atoms with Crippen molar-refractivity contribution in [3.8, 4) is 0 Å². The lowest BCUT2D eigenvalue weighted by atomic mass is 10.6. The fraction of sp³-hybridized carbons (Fsp3) is 0.400. The maximum absolute atomic E-state index is 5.55. The SMILES string of the molecule is CSc1c(N)cnn1C.Cl. The van der Waals surface area contributed by atoms with E-state index in [-0.39, 0.29) is 12.4 Å². The van der Waals surface area contributed by atoms with Gasteiger partial charge in [-0.2, -0.15) is 5.10 Å². The first-order valence-corrected chi connectivity index (χ1v) is 3.79. The number of hydrogen-bond acceptors (Lipinski definition) is 3. The number of anilines is 1. The molecule has 0 saturated heterocycles. The summed E-state index contributed by atoms with van der Waals surface area (Å²) in [5.41, 5.74) is 6.30. The molecule has 0 atom stereocenters. The first-order valence-electron chi connectivity index (χ1n) is 2.57. The highest BCUT2D eigenvalue weighted by Crippen LogP contribution is 2.19. The zero-order valence-electron chi connectivity index (χ0n) is 5.87. The molecule has 0 fully saturated rings. The van der Waals surface area contributed by atoms with E-state index in [0.29, 0.717) is 0 Å². The van der Waals surface area contributed by atoms with E-state index in [0.717, 1.165) is 10.7 Å². The van der Waals surface area contributed by atoms with Crippen LogP contribution in [0.25, 0.3) is 0 Å². The van der Waals surface area contributed by atoms with Crippen LogP contribution in [-0.4, -0.2) is 16.0 Å². The lowest BCUT2D eigenvalue weighted by Crippen LogP contribution is -1.92. The highest BCUT2D eigenvalue weighted by Gasteiger charge is 2.00. The van der Waals surface area contributed by atoms with Crippen molar-refractivity contribution >= 4 is 29.9 Å². The van der Waals surface area contributed by atoms with Gasteiger partial charge in [-0.05, 0) is 6.26 Å². The highest BCUT2D eigenvalue weighted by molar-refractivity contribution is 7.98. The molecule has 0 spiro atoms. The molecule has 3 nitrogen and oxygen atoms in total. The van der Waals surface area contributed by atoms with Gasteiger partial charge in [0.1, 0.15) is 5.03 Å². The second kappa shape index (κ2) is 3.73. The summed E-state index contributed by atoms with van der Waals surface area (Å²) in [6, 6.07) is 0. The topological polar surface area (TPSA) is 43.8 Å². The van der Waals surface area contributed by atoms with Crippen LogP contribution >= 0.6 is 24.2 Å². The number of nitrogens with two attached hydrogens (primary N) is 1. The van der Waals surface area contributed by atoms with E-state index in [9.17, 15) is 0 Å². The monoisotopic (exact) mass is 179 g/mol. The number of halogens is 1. The molecule has 0 aliphatic carbocycles. The Morgan fingerprint density at radius 2 is 2.30 bits per heavy atom. The molecule has 1 heterocycles. The number of nitrogens with zero attached hydrogens (tertiary/aromatic N) is 2. The maximum Gasteiger partial charge on any atom is 0.116 e. The van der Waals surface area contributed by atoms with Crippen LogP contribution in [0.4, 0.5) is 5.69 Å². The van der Waals surface area contributed by atoms with Crippen molar-refractivity contribution in [3.63, 3.8) is 0 Å². The average molecular weight is 180 g/mol. The molecule has 5 heteroatoms. The second-order valence-electron chi connectivity index (χ2n) is 1.73. The van der Waals surface area contributed by atoms with Gasteiger partial charge in [-0.3, -0.25) is 4.68 Å². The third kappa shape index (κ3) is 1.58. The van der Waals surface area contributed by atoms with Gasteiger partial charge in [0.05, 0.1) is 11.9 Å². The van der Waals surface area contributed by atoms with Crippen LogP contribution in [0.5, 0.6) is 0 Å². The molecule has 58 valence electrons. The second-order valence-corrected chi connectivity index (χ2v) is 2.53. The third-order valence-electron chi connectivity index (χ3n) is 1.10. The molecule has 1 aromatic heterocycles. The molecule has 1 aromatic rings. The Kier molecular flexibility index (Phi) is 3.60. The van der Waals surface area contributed by atoms with Gasteiger partial charge in [-0.1, -0.05) is 0 Å². The summed E-state index contributed by atoms with van der Waals surface area (Å²) >= 11 is 1.60. The van der Waals surface area contributed by atoms with Gasteiger partial charge in [0, 0.05) is 7.05 Å². The molecule has 2 N–H and O–H groups in total. The predicted octanol–water partition coefficient (Wildman–Crippen LogP) is 1.15. The minimum absolute atomic E-state index is 0. The van der Waals surface area contributed by atoms with Crippen LogP contribution in [0, 0.1) is 0 Å². The van der Waals surface area contributed by atoms with E-state index < -0.39 is 0 Å². The van der Waals surface area contributed by atoms with Gasteiger partial charge in [-0.15, -0.1) is 24.2 Å². The minimum Gasteiger partial charge on any atom is -0.395 e. The fourth-order valence-electron chi connectivity index (χ4n) is 0.693. The van der Waals surface area contributed by atoms with Crippen LogP contribution in [0.15, 0.2) is 11.2 Å². The van der Waals surface area contributed by atoms with Crippen molar-refractivity contribution in [2.75, 3.05) is 12.0 Å². The number of thioether (sulfide) groups is 1. The van der Waals surface area contributed by atoms with E-state index in [1.165, 1.54) is 0 Å². The van der Waals surface area contributed by atoms with Crippen molar-refractivity contribution in [1.29, 1.82) is 0 Å². The first kappa shape index (κ1) is 9.65. The van der Waals surface area contributed by atoms with E-state index in [1.807, 2.05) is 13.3 Å². The van der Waals surface area contributed by atoms with Crippen molar-refractivity contribution in [3.05, 3.63) is 6.20 Å². The number of nitrogen functional groups attached to an aromatic ring is 1. The quantitative estimate of drug-likeness (QED) is 0.658. The van der Waals surface area contributed by atoms with Gasteiger partial charge in [-0.25, -0.2) is 0 Å². The Labute approximate surface area is 70.4 Å². The molecular formula is C5H10ClN3S. The summed E-state index contributed by atoms with van der Waals surface area (Å²) in [6.07, 6.45) is 3.64. The average Bonchev–Trinajstić information content (AvgIpc) is 2.12. The summed E-state index contributed by atoms with van der Waals surface area (Å²) in [6.45, 7) is 0. The smallest absolute Gasteiger partial charge is 0.116 e. The van der Waals surface area contributed by atoms with Crippen molar-refractivity contribution in [2.24, 2.45) is 7.05 Å². The molecule has 0 aliphatic rings. The van der Waals surface area contributed by atoms with Gasteiger partial charge in [0.2, 0.25) is 0 Å². The van der Waals surface area contributed by atoms with Crippen LogP contribution in [0.1, 0.15) is 0 Å². The summed E-state index contributed by atoms with van der Waals surface area (Å²) < 4.78 is 1.76. The van der Waals surface area contributed by atoms with Crippen molar-refractivity contribution in [2.45, 2.75) is 5.03 Å². The standard InChI is InChI=1S/C5H9N3S.ClH/c1-8-5(9-2)4(6)3-7-8;/h3H,6H2,1-2H3;1H. The van der Waals surface area contributed by atoms with Gasteiger partial charge in [0.15, 0.2) is 0 Å². The lowest BCUT2D eigenvalue weighted by Gasteiger charge is -1.95. The van der Waals surface area contributed by atoms with Crippen LogP contribution in [-0.2, 0) is 7.05 Å². The lowest BCUT2D eigenvalue weighted by molar-refractivity contribution is 0.701. The van der Waals surface area contributed by atoms with Crippen LogP contribution in [0.3, 0.4) is 0 Å². The molecule has 10 heavy (non-hydrogen) atoms. The Morgan fingerprint density at radius 3 is 2.50 bits per heavy atom. The van der Waals surface area contributed by atoms with Gasteiger partial charge in [0.25, 0.3) is 0 Å². The van der Waals surface area contributed by atoms with E-state index in [4.69, 9.17) is 5.73 Å². The Morgan fingerprint density at radius 1 is 1.70 bits per heavy atom. The Hall–Kier alpha value is -0.350. The Balaban J connectivity index is 0.000000810. The van der Waals surface area contributed by atoms with Gasteiger partial charge >= 0.3 is 0 Å². The van der Waals surface area contributed by atoms with Crippen LogP contribution < -0.4 is 5.73 Å². The number of hydrogen-bond donors (Lipinski definition) is 1. The highest BCUT2D eigenvalue weighted by atomic mass is 35.5. The molecule has 0 bridgehead atoms. The molecule has 0 aromatic carbocycles. The summed E-state index contributed by atoms with van der Waals surface area (Å²) in [5.74, 6) is 0. The molecule has 0 aliphatic heterocycles. The molecular weight excluding hydrogens is 170 g/mol. The van der Waals surface area contributed by atoms with E-state index >= 15 is 0 Å². The van der Waals surface area contributed by atoms with Crippen molar-refractivity contribution in [1.82, 2.24) is 9.78 Å². The first-order chi connectivity index (χ1) is 4.25. The predicted molar refractivity (Wildman–Crippen MR) is 46.6 cm³/mol. The van der Waals surface area contributed by atoms with Crippen molar-refractivity contribution < 1.29 is 0 Å². The molecule has 1 rings (SSSR count). The third-order valence-corrected chi connectivity index (χ3v) is 1.99. The number of aromatic nitrogens is 2. The summed E-state index contributed by atoms with van der Waals surface area (Å²) in [5, 5.41) is 4.98. The Bertz CT molecular complexity index is 191. The summed E-state index contributed by atoms with van der Waals surface area (Å²) in [4.78, 5) is 0. The number of rotatable bonds is 1. The minimum atomic E-state index is 0. The zero-order valence-corrected chi connectivity index (χ0v) is 7.50. The summed E-state index contributed by atoms with van der Waals surface area (Å²) in [7, 11) is 1.88. The van der Waals surface area contributed by atoms with E-state index in [2.05, 4.69) is 5.10 Å². The molecule has 0 unspecified atom stereocenters. The molecule has 0 radical (unpaired) electrons. The zero-order chi connectivity index (χ0) is 6.85. The molecule has 0 amide bonds. The molecule has 0 saturated carbocycles. The maximum atomic E-state index is 5.55. The number of aryl methyl sites for hydroxylation is 1. The largest absolute Gasteiger partial charge is 0.395 e.